The van der Waals surface area contributed by atoms with Crippen molar-refractivity contribution < 1.29 is 4.39 Å². The first kappa shape index (κ1) is 14.1. The lowest BCUT2D eigenvalue weighted by Crippen LogP contribution is -2.34. The second-order valence-electron chi connectivity index (χ2n) is 5.69. The van der Waals surface area contributed by atoms with E-state index in [0.717, 1.165) is 24.6 Å². The molecule has 1 aromatic rings. The molecule has 1 unspecified atom stereocenters. The zero-order valence-corrected chi connectivity index (χ0v) is 11.9. The molecule has 0 bridgehead atoms. The summed E-state index contributed by atoms with van der Waals surface area (Å²) in [6.45, 7) is 3.36. The maximum atomic E-state index is 13.4. The Morgan fingerprint density at radius 3 is 2.95 bits per heavy atom. The molecular formula is C15H24FN3. The van der Waals surface area contributed by atoms with Crippen molar-refractivity contribution in [3.63, 3.8) is 0 Å². The van der Waals surface area contributed by atoms with E-state index in [2.05, 4.69) is 16.8 Å². The molecule has 3 nitrogen and oxygen atoms in total. The number of nitrogen functional groups attached to an aromatic ring is 1. The van der Waals surface area contributed by atoms with Gasteiger partial charge in [0.1, 0.15) is 5.82 Å². The van der Waals surface area contributed by atoms with E-state index < -0.39 is 0 Å². The summed E-state index contributed by atoms with van der Waals surface area (Å²) in [6, 6.07) is 5.03. The van der Waals surface area contributed by atoms with Gasteiger partial charge in [0.25, 0.3) is 0 Å². The van der Waals surface area contributed by atoms with Crippen molar-refractivity contribution in [2.24, 2.45) is 5.92 Å². The van der Waals surface area contributed by atoms with Crippen LogP contribution in [0.15, 0.2) is 18.2 Å². The number of halogens is 1. The lowest BCUT2D eigenvalue weighted by Gasteiger charge is -2.31. The van der Waals surface area contributed by atoms with Crippen molar-refractivity contribution >= 4 is 11.4 Å². The number of benzene rings is 1. The van der Waals surface area contributed by atoms with Crippen LogP contribution in [0.4, 0.5) is 15.8 Å². The van der Waals surface area contributed by atoms with Gasteiger partial charge in [-0.3, -0.25) is 0 Å². The molecule has 1 aromatic carbocycles. The van der Waals surface area contributed by atoms with E-state index in [4.69, 9.17) is 5.73 Å². The summed E-state index contributed by atoms with van der Waals surface area (Å²) in [7, 11) is 4.20. The van der Waals surface area contributed by atoms with Crippen LogP contribution in [-0.4, -0.2) is 38.6 Å². The first-order chi connectivity index (χ1) is 9.06. The van der Waals surface area contributed by atoms with Crippen LogP contribution in [0.25, 0.3) is 0 Å². The minimum atomic E-state index is -0.332. The van der Waals surface area contributed by atoms with Gasteiger partial charge in [0.15, 0.2) is 0 Å². The van der Waals surface area contributed by atoms with Gasteiger partial charge in [0, 0.05) is 25.8 Å². The molecule has 0 radical (unpaired) electrons. The van der Waals surface area contributed by atoms with Crippen LogP contribution < -0.4 is 10.6 Å². The average Bonchev–Trinajstić information content (AvgIpc) is 2.39. The van der Waals surface area contributed by atoms with E-state index in [-0.39, 0.29) is 11.5 Å². The Morgan fingerprint density at radius 2 is 2.26 bits per heavy atom. The Kier molecular flexibility index (Phi) is 4.64. The van der Waals surface area contributed by atoms with E-state index in [9.17, 15) is 4.39 Å². The predicted molar refractivity (Wildman–Crippen MR) is 78.9 cm³/mol. The summed E-state index contributed by atoms with van der Waals surface area (Å²) in [4.78, 5) is 4.51. The molecule has 19 heavy (non-hydrogen) atoms. The monoisotopic (exact) mass is 265 g/mol. The van der Waals surface area contributed by atoms with Crippen LogP contribution in [0.5, 0.6) is 0 Å². The summed E-state index contributed by atoms with van der Waals surface area (Å²) in [5.74, 6) is 0.432. The van der Waals surface area contributed by atoms with Crippen LogP contribution in [0.1, 0.15) is 19.3 Å². The molecule has 4 heteroatoms. The fourth-order valence-corrected chi connectivity index (χ4v) is 2.77. The topological polar surface area (TPSA) is 32.5 Å². The quantitative estimate of drug-likeness (QED) is 0.849. The SMILES string of the molecule is CN1CCCC(CCN(C)c2ccc(N)c(F)c2)C1. The van der Waals surface area contributed by atoms with Gasteiger partial charge >= 0.3 is 0 Å². The van der Waals surface area contributed by atoms with Crippen molar-refractivity contribution in [2.75, 3.05) is 44.4 Å². The molecule has 1 saturated heterocycles. The molecular weight excluding hydrogens is 241 g/mol. The van der Waals surface area contributed by atoms with E-state index in [1.165, 1.54) is 32.0 Å². The van der Waals surface area contributed by atoms with E-state index in [1.807, 2.05) is 13.1 Å². The van der Waals surface area contributed by atoms with E-state index in [1.54, 1.807) is 6.07 Å². The number of hydrogen-bond donors (Lipinski definition) is 1. The summed E-state index contributed by atoms with van der Waals surface area (Å²) < 4.78 is 13.4. The minimum Gasteiger partial charge on any atom is -0.396 e. The maximum absolute atomic E-state index is 13.4. The third-order valence-corrected chi connectivity index (χ3v) is 4.02. The third-order valence-electron chi connectivity index (χ3n) is 4.02. The van der Waals surface area contributed by atoms with Crippen LogP contribution >= 0.6 is 0 Å². The summed E-state index contributed by atoms with van der Waals surface area (Å²) >= 11 is 0. The minimum absolute atomic E-state index is 0.214. The second-order valence-corrected chi connectivity index (χ2v) is 5.69. The van der Waals surface area contributed by atoms with Gasteiger partial charge in [-0.1, -0.05) is 0 Å². The van der Waals surface area contributed by atoms with Gasteiger partial charge < -0.3 is 15.5 Å². The number of rotatable bonds is 4. The Bertz CT molecular complexity index is 422. The Labute approximate surface area is 115 Å². The summed E-state index contributed by atoms with van der Waals surface area (Å²) in [6.07, 6.45) is 3.77. The van der Waals surface area contributed by atoms with Crippen molar-refractivity contribution in [1.82, 2.24) is 4.90 Å². The van der Waals surface area contributed by atoms with E-state index in [0.29, 0.717) is 0 Å². The Morgan fingerprint density at radius 1 is 1.47 bits per heavy atom. The third kappa shape index (κ3) is 3.83. The molecule has 0 saturated carbocycles. The fraction of sp³-hybridized carbons (Fsp3) is 0.600. The van der Waals surface area contributed by atoms with Gasteiger partial charge in [-0.05, 0) is 57.0 Å². The van der Waals surface area contributed by atoms with Gasteiger partial charge in [-0.15, -0.1) is 0 Å². The first-order valence-electron chi connectivity index (χ1n) is 7.01. The molecule has 1 heterocycles. The van der Waals surface area contributed by atoms with E-state index >= 15 is 0 Å². The molecule has 2 rings (SSSR count). The van der Waals surface area contributed by atoms with Crippen molar-refractivity contribution in [3.8, 4) is 0 Å². The fourth-order valence-electron chi connectivity index (χ4n) is 2.77. The molecule has 1 atom stereocenters. The Hall–Kier alpha value is -1.29. The molecule has 0 aromatic heterocycles. The van der Waals surface area contributed by atoms with Gasteiger partial charge in [0.05, 0.1) is 5.69 Å². The number of nitrogens with two attached hydrogens (primary N) is 1. The van der Waals surface area contributed by atoms with Gasteiger partial charge in [-0.2, -0.15) is 0 Å². The predicted octanol–water partition coefficient (Wildman–Crippen LogP) is 2.58. The van der Waals surface area contributed by atoms with Crippen LogP contribution in [0.2, 0.25) is 0 Å². The lowest BCUT2D eigenvalue weighted by atomic mass is 9.95. The molecule has 2 N–H and O–H groups in total. The highest BCUT2D eigenvalue weighted by Gasteiger charge is 2.17. The molecule has 1 aliphatic heterocycles. The summed E-state index contributed by atoms with van der Waals surface area (Å²) in [5.41, 5.74) is 6.61. The number of likely N-dealkylation sites (tertiary alicyclic amines) is 1. The number of nitrogens with zero attached hydrogens (tertiary/aromatic N) is 2. The zero-order chi connectivity index (χ0) is 13.8. The maximum Gasteiger partial charge on any atom is 0.148 e. The molecule has 0 amide bonds. The normalized spacial score (nSPS) is 20.5. The smallest absolute Gasteiger partial charge is 0.148 e. The zero-order valence-electron chi connectivity index (χ0n) is 11.9. The molecule has 1 fully saturated rings. The highest BCUT2D eigenvalue weighted by Crippen LogP contribution is 2.22. The number of piperidine rings is 1. The Balaban J connectivity index is 1.86. The lowest BCUT2D eigenvalue weighted by molar-refractivity contribution is 0.203. The van der Waals surface area contributed by atoms with Crippen molar-refractivity contribution in [1.29, 1.82) is 0 Å². The second kappa shape index (κ2) is 6.24. The van der Waals surface area contributed by atoms with Gasteiger partial charge in [-0.25, -0.2) is 4.39 Å². The van der Waals surface area contributed by atoms with Crippen LogP contribution in [0, 0.1) is 11.7 Å². The molecule has 106 valence electrons. The van der Waals surface area contributed by atoms with Crippen molar-refractivity contribution in [2.45, 2.75) is 19.3 Å². The van der Waals surface area contributed by atoms with Crippen molar-refractivity contribution in [3.05, 3.63) is 24.0 Å². The average molecular weight is 265 g/mol. The van der Waals surface area contributed by atoms with Crippen LogP contribution in [-0.2, 0) is 0 Å². The largest absolute Gasteiger partial charge is 0.396 e. The highest BCUT2D eigenvalue weighted by molar-refractivity contribution is 5.53. The van der Waals surface area contributed by atoms with Gasteiger partial charge in [0.2, 0.25) is 0 Å². The molecule has 0 spiro atoms. The first-order valence-corrected chi connectivity index (χ1v) is 7.01. The molecule has 0 aliphatic carbocycles. The van der Waals surface area contributed by atoms with Crippen LogP contribution in [0.3, 0.4) is 0 Å². The number of hydrogen-bond acceptors (Lipinski definition) is 3. The molecule has 1 aliphatic rings. The standard InChI is InChI=1S/C15H24FN3/c1-18-8-3-4-12(11-18)7-9-19(2)13-5-6-15(17)14(16)10-13/h5-6,10,12H,3-4,7-9,11,17H2,1-2H3. The summed E-state index contributed by atoms with van der Waals surface area (Å²) in [5, 5.41) is 0. The highest BCUT2D eigenvalue weighted by atomic mass is 19.1. The number of anilines is 2.